The number of nitrogens with one attached hydrogen (secondary N) is 2. The van der Waals surface area contributed by atoms with E-state index in [1.165, 1.54) is 30.5 Å². The van der Waals surface area contributed by atoms with Crippen LogP contribution >= 0.6 is 11.3 Å². The highest BCUT2D eigenvalue weighted by atomic mass is 32.1. The second-order valence-electron chi connectivity index (χ2n) is 6.24. The van der Waals surface area contributed by atoms with Crippen LogP contribution in [0.1, 0.15) is 34.3 Å². The lowest BCUT2D eigenvalue weighted by molar-refractivity contribution is 0.102. The van der Waals surface area contributed by atoms with Gasteiger partial charge in [-0.25, -0.2) is 9.97 Å². The fraction of sp³-hybridized carbons (Fsp3) is 0.278. The molecule has 6 heteroatoms. The summed E-state index contributed by atoms with van der Waals surface area (Å²) in [6.07, 6.45) is 3.88. The lowest BCUT2D eigenvalue weighted by Crippen LogP contribution is -2.13. The van der Waals surface area contributed by atoms with Crippen LogP contribution in [0.3, 0.4) is 0 Å². The predicted molar refractivity (Wildman–Crippen MR) is 97.9 cm³/mol. The molecule has 1 aliphatic rings. The Hall–Kier alpha value is -2.47. The van der Waals surface area contributed by atoms with Crippen LogP contribution in [0.25, 0.3) is 10.2 Å². The molecule has 0 radical (unpaired) electrons. The third kappa shape index (κ3) is 2.85. The zero-order chi connectivity index (χ0) is 16.7. The van der Waals surface area contributed by atoms with Gasteiger partial charge in [0.1, 0.15) is 12.1 Å². The number of thiophene rings is 1. The number of nitrogens with zero attached hydrogens (tertiary/aromatic N) is 2. The first-order chi connectivity index (χ1) is 11.6. The molecular weight excluding hydrogens is 320 g/mol. The van der Waals surface area contributed by atoms with E-state index in [0.29, 0.717) is 17.1 Å². The number of hydrogen-bond acceptors (Lipinski definition) is 5. The van der Waals surface area contributed by atoms with Gasteiger partial charge in [0.05, 0.1) is 15.8 Å². The van der Waals surface area contributed by atoms with E-state index < -0.39 is 0 Å². The number of fused-ring (bicyclic) bond motifs is 1. The Labute approximate surface area is 144 Å². The number of benzene rings is 1. The summed E-state index contributed by atoms with van der Waals surface area (Å²) in [6.45, 7) is 4.00. The molecule has 24 heavy (non-hydrogen) atoms. The molecule has 5 nitrogen and oxygen atoms in total. The van der Waals surface area contributed by atoms with Crippen molar-refractivity contribution in [3.8, 4) is 0 Å². The van der Waals surface area contributed by atoms with Gasteiger partial charge >= 0.3 is 0 Å². The van der Waals surface area contributed by atoms with Crippen LogP contribution in [0.4, 0.5) is 11.5 Å². The van der Waals surface area contributed by atoms with Gasteiger partial charge in [0.25, 0.3) is 5.91 Å². The monoisotopic (exact) mass is 338 g/mol. The molecule has 0 bridgehead atoms. The van der Waals surface area contributed by atoms with Gasteiger partial charge in [0, 0.05) is 17.1 Å². The van der Waals surface area contributed by atoms with Gasteiger partial charge in [-0.3, -0.25) is 4.79 Å². The Bertz CT molecular complexity index is 930. The number of carbonyl (C=O) groups excluding carboxylic acids is 1. The van der Waals surface area contributed by atoms with Gasteiger partial charge < -0.3 is 10.6 Å². The fourth-order valence-electron chi connectivity index (χ4n) is 2.60. The van der Waals surface area contributed by atoms with Crippen molar-refractivity contribution in [2.75, 3.05) is 10.6 Å². The zero-order valence-electron chi connectivity index (χ0n) is 13.6. The van der Waals surface area contributed by atoms with Gasteiger partial charge in [-0.2, -0.15) is 0 Å². The quantitative estimate of drug-likeness (QED) is 0.750. The first kappa shape index (κ1) is 15.1. The highest BCUT2D eigenvalue weighted by Gasteiger charge is 2.24. The minimum Gasteiger partial charge on any atom is -0.366 e. The van der Waals surface area contributed by atoms with Crippen LogP contribution in [0, 0.1) is 13.8 Å². The lowest BCUT2D eigenvalue weighted by atomic mass is 10.1. The average molecular weight is 338 g/mol. The van der Waals surface area contributed by atoms with Crippen LogP contribution in [-0.2, 0) is 0 Å². The van der Waals surface area contributed by atoms with E-state index in [4.69, 9.17) is 0 Å². The highest BCUT2D eigenvalue weighted by molar-refractivity contribution is 7.18. The van der Waals surface area contributed by atoms with E-state index in [2.05, 4.69) is 20.6 Å². The number of rotatable bonds is 4. The predicted octanol–water partition coefficient (Wildman–Crippen LogP) is 4.13. The Kier molecular flexibility index (Phi) is 3.69. The molecule has 1 saturated carbocycles. The van der Waals surface area contributed by atoms with E-state index in [1.54, 1.807) is 0 Å². The fourth-order valence-corrected chi connectivity index (χ4v) is 3.55. The van der Waals surface area contributed by atoms with E-state index in [0.717, 1.165) is 27.3 Å². The number of carbonyl (C=O) groups is 1. The Balaban J connectivity index is 1.66. The topological polar surface area (TPSA) is 66.9 Å². The summed E-state index contributed by atoms with van der Waals surface area (Å²) in [5.74, 6) is 0.698. The molecule has 0 aliphatic heterocycles. The van der Waals surface area contributed by atoms with Crippen molar-refractivity contribution in [2.24, 2.45) is 0 Å². The third-order valence-electron chi connectivity index (χ3n) is 4.16. The van der Waals surface area contributed by atoms with Crippen LogP contribution in [0.2, 0.25) is 0 Å². The molecule has 0 unspecified atom stereocenters. The smallest absolute Gasteiger partial charge is 0.258 e. The summed E-state index contributed by atoms with van der Waals surface area (Å²) < 4.78 is 0.940. The lowest BCUT2D eigenvalue weighted by Gasteiger charge is -2.09. The summed E-state index contributed by atoms with van der Waals surface area (Å²) in [5, 5.41) is 8.27. The van der Waals surface area contributed by atoms with Gasteiger partial charge in [0.2, 0.25) is 0 Å². The number of anilines is 2. The maximum Gasteiger partial charge on any atom is 0.258 e. The molecule has 0 saturated heterocycles. The van der Waals surface area contributed by atoms with Crippen molar-refractivity contribution in [1.82, 2.24) is 9.97 Å². The SMILES string of the molecule is Cc1ccc(C)c(NC(=O)c2csc3c(NC4CC4)ncnc23)c1. The van der Waals surface area contributed by atoms with E-state index in [1.807, 2.05) is 37.4 Å². The van der Waals surface area contributed by atoms with Crippen molar-refractivity contribution in [2.45, 2.75) is 32.7 Å². The summed E-state index contributed by atoms with van der Waals surface area (Å²) in [7, 11) is 0. The molecule has 1 fully saturated rings. The molecule has 1 aromatic carbocycles. The highest BCUT2D eigenvalue weighted by Crippen LogP contribution is 2.33. The van der Waals surface area contributed by atoms with E-state index >= 15 is 0 Å². The molecule has 2 heterocycles. The average Bonchev–Trinajstić information content (AvgIpc) is 3.26. The second-order valence-corrected chi connectivity index (χ2v) is 7.12. The van der Waals surface area contributed by atoms with Gasteiger partial charge in [-0.1, -0.05) is 12.1 Å². The molecule has 0 atom stereocenters. The maximum atomic E-state index is 12.7. The molecular formula is C18H18N4OS. The van der Waals surface area contributed by atoms with Gasteiger partial charge in [0.15, 0.2) is 0 Å². The third-order valence-corrected chi connectivity index (χ3v) is 5.13. The van der Waals surface area contributed by atoms with Crippen molar-refractivity contribution >= 4 is 39.0 Å². The first-order valence-electron chi connectivity index (χ1n) is 7.99. The molecule has 2 N–H and O–H groups in total. The van der Waals surface area contributed by atoms with Crippen molar-refractivity contribution in [1.29, 1.82) is 0 Å². The molecule has 3 aromatic rings. The Morgan fingerprint density at radius 3 is 2.88 bits per heavy atom. The zero-order valence-corrected chi connectivity index (χ0v) is 14.4. The number of amides is 1. The van der Waals surface area contributed by atoms with Gasteiger partial charge in [-0.05, 0) is 43.9 Å². The van der Waals surface area contributed by atoms with Crippen molar-refractivity contribution in [3.63, 3.8) is 0 Å². The number of aromatic nitrogens is 2. The molecule has 122 valence electrons. The molecule has 4 rings (SSSR count). The minimum absolute atomic E-state index is 0.133. The van der Waals surface area contributed by atoms with Crippen LogP contribution in [0.15, 0.2) is 29.9 Å². The standard InChI is InChI=1S/C18H18N4OS/c1-10-3-4-11(2)14(7-10)22-18(23)13-8-24-16-15(13)19-9-20-17(16)21-12-5-6-12/h3-4,7-9,12H,5-6H2,1-2H3,(H,22,23)(H,19,20,21). The molecule has 2 aromatic heterocycles. The minimum atomic E-state index is -0.133. The van der Waals surface area contributed by atoms with Crippen molar-refractivity contribution in [3.05, 3.63) is 46.6 Å². The summed E-state index contributed by atoms with van der Waals surface area (Å²) >= 11 is 1.51. The molecule has 1 aliphatic carbocycles. The molecule has 1 amide bonds. The normalized spacial score (nSPS) is 13.9. The second kappa shape index (κ2) is 5.87. The Morgan fingerprint density at radius 1 is 1.25 bits per heavy atom. The van der Waals surface area contributed by atoms with E-state index in [9.17, 15) is 4.79 Å². The van der Waals surface area contributed by atoms with Crippen molar-refractivity contribution < 1.29 is 4.79 Å². The van der Waals surface area contributed by atoms with Gasteiger partial charge in [-0.15, -0.1) is 11.3 Å². The number of aryl methyl sites for hydroxylation is 2. The number of hydrogen-bond donors (Lipinski definition) is 2. The Morgan fingerprint density at radius 2 is 2.08 bits per heavy atom. The van der Waals surface area contributed by atoms with Crippen LogP contribution < -0.4 is 10.6 Å². The van der Waals surface area contributed by atoms with Crippen LogP contribution in [0.5, 0.6) is 0 Å². The molecule has 0 spiro atoms. The maximum absolute atomic E-state index is 12.7. The van der Waals surface area contributed by atoms with Crippen LogP contribution in [-0.4, -0.2) is 21.9 Å². The first-order valence-corrected chi connectivity index (χ1v) is 8.87. The summed E-state index contributed by atoms with van der Waals surface area (Å²) in [5.41, 5.74) is 4.30. The summed E-state index contributed by atoms with van der Waals surface area (Å²) in [4.78, 5) is 21.4. The largest absolute Gasteiger partial charge is 0.366 e. The van der Waals surface area contributed by atoms with E-state index in [-0.39, 0.29) is 5.91 Å². The summed E-state index contributed by atoms with van der Waals surface area (Å²) in [6, 6.07) is 6.54.